The van der Waals surface area contributed by atoms with Crippen LogP contribution in [-0.2, 0) is 25.3 Å². The fourth-order valence-electron chi connectivity index (χ4n) is 5.95. The van der Waals surface area contributed by atoms with E-state index in [0.29, 0.717) is 6.07 Å². The third-order valence-electron chi connectivity index (χ3n) is 8.58. The molecule has 3 aliphatic rings. The van der Waals surface area contributed by atoms with Crippen LogP contribution < -0.4 is 14.8 Å². The average Bonchev–Trinajstić information content (AvgIpc) is 3.83. The summed E-state index contributed by atoms with van der Waals surface area (Å²) in [5, 5.41) is 3.13. The summed E-state index contributed by atoms with van der Waals surface area (Å²) in [5.74, 6) is -3.61. The van der Waals surface area contributed by atoms with Crippen molar-refractivity contribution in [3.8, 4) is 27.6 Å². The fourth-order valence-corrected chi connectivity index (χ4v) is 10.7. The lowest BCUT2D eigenvalue weighted by Gasteiger charge is -2.15. The molecule has 2 saturated carbocycles. The Hall–Kier alpha value is -3.97. The number of nitrogens with zero attached hydrogens (tertiary/aromatic N) is 3. The molecule has 2 N–H and O–H groups in total. The number of rotatable bonds is 11. The van der Waals surface area contributed by atoms with E-state index in [1.54, 1.807) is 0 Å². The van der Waals surface area contributed by atoms with E-state index in [0.717, 1.165) is 29.5 Å². The van der Waals surface area contributed by atoms with Crippen LogP contribution >= 0.6 is 11.3 Å². The third-order valence-corrected chi connectivity index (χ3v) is 13.1. The minimum Gasteiger partial charge on any atom is -0.433 e. The van der Waals surface area contributed by atoms with Crippen molar-refractivity contribution in [2.24, 2.45) is 11.8 Å². The molecule has 2 aromatic carbocycles. The molecule has 3 atom stereocenters. The van der Waals surface area contributed by atoms with Crippen molar-refractivity contribution in [2.75, 3.05) is 21.5 Å². The first-order chi connectivity index (χ1) is 22.7. The molecular formula is C29H23F6N5O5S3. The van der Waals surface area contributed by atoms with E-state index in [2.05, 4.69) is 25.0 Å². The van der Waals surface area contributed by atoms with E-state index >= 15 is 4.39 Å². The van der Waals surface area contributed by atoms with E-state index in [-0.39, 0.29) is 75.0 Å². The second kappa shape index (κ2) is 11.6. The molecule has 0 bridgehead atoms. The number of fused-ring (bicyclic) bond motifs is 1. The number of thiazole rings is 1. The Morgan fingerprint density at radius 1 is 0.979 bits per heavy atom. The number of anilines is 2. The Balaban J connectivity index is 1.26. The number of alkyl halides is 4. The van der Waals surface area contributed by atoms with Gasteiger partial charge in [-0.3, -0.25) is 4.72 Å². The number of halogens is 6. The SMILES string of the molecule is O=S1(=O)C[C@@H]2[C@H](C1)[C@H]2Nc1nccc(-c2sc(C3(C(F)F)CC3)nc2-c2cccc(NS(=O)(=O)c3c(F)cccc3OC(F)F)c2F)n1. The molecule has 19 heteroatoms. The molecule has 48 heavy (non-hydrogen) atoms. The molecule has 1 saturated heterocycles. The van der Waals surface area contributed by atoms with Crippen LogP contribution in [0.5, 0.6) is 5.75 Å². The Kier molecular flexibility index (Phi) is 7.86. The van der Waals surface area contributed by atoms with E-state index < -0.39 is 66.3 Å². The highest BCUT2D eigenvalue weighted by molar-refractivity contribution is 7.93. The highest BCUT2D eigenvalue weighted by Gasteiger charge is 2.59. The van der Waals surface area contributed by atoms with Crippen LogP contribution in [0.3, 0.4) is 0 Å². The lowest BCUT2D eigenvalue weighted by atomic mass is 10.1. The van der Waals surface area contributed by atoms with Crippen molar-refractivity contribution in [3.63, 3.8) is 0 Å². The summed E-state index contributed by atoms with van der Waals surface area (Å²) in [5.41, 5.74) is -2.53. The fraction of sp³-hybridized carbons (Fsp3) is 0.345. The van der Waals surface area contributed by atoms with Crippen LogP contribution in [0, 0.1) is 23.5 Å². The van der Waals surface area contributed by atoms with Crippen LogP contribution in [0.25, 0.3) is 21.8 Å². The van der Waals surface area contributed by atoms with Crippen LogP contribution in [-0.4, -0.2) is 62.4 Å². The lowest BCUT2D eigenvalue weighted by molar-refractivity contribution is -0.0520. The van der Waals surface area contributed by atoms with Gasteiger partial charge in [-0.2, -0.15) is 8.78 Å². The number of ether oxygens (including phenoxy) is 1. The van der Waals surface area contributed by atoms with Gasteiger partial charge in [-0.25, -0.2) is 49.3 Å². The van der Waals surface area contributed by atoms with Crippen molar-refractivity contribution < 1.29 is 47.9 Å². The van der Waals surface area contributed by atoms with Crippen molar-refractivity contribution in [1.82, 2.24) is 15.0 Å². The Morgan fingerprint density at radius 2 is 1.69 bits per heavy atom. The van der Waals surface area contributed by atoms with Crippen LogP contribution in [0.15, 0.2) is 53.6 Å². The molecule has 0 unspecified atom stereocenters. The van der Waals surface area contributed by atoms with Crippen LogP contribution in [0.1, 0.15) is 17.8 Å². The maximum absolute atomic E-state index is 16.2. The van der Waals surface area contributed by atoms with Gasteiger partial charge in [-0.05, 0) is 55.0 Å². The van der Waals surface area contributed by atoms with Gasteiger partial charge in [-0.1, -0.05) is 12.1 Å². The van der Waals surface area contributed by atoms with Crippen molar-refractivity contribution in [1.29, 1.82) is 0 Å². The smallest absolute Gasteiger partial charge is 0.387 e. The molecule has 2 aliphatic carbocycles. The molecule has 254 valence electrons. The monoisotopic (exact) mass is 731 g/mol. The zero-order valence-electron chi connectivity index (χ0n) is 24.2. The van der Waals surface area contributed by atoms with Crippen LogP contribution in [0.4, 0.5) is 38.0 Å². The van der Waals surface area contributed by atoms with Gasteiger partial charge in [0.25, 0.3) is 10.0 Å². The van der Waals surface area contributed by atoms with E-state index in [1.807, 2.05) is 4.72 Å². The minimum absolute atomic E-state index is 0.0167. The van der Waals surface area contributed by atoms with E-state index in [9.17, 15) is 38.8 Å². The molecule has 0 amide bonds. The summed E-state index contributed by atoms with van der Waals surface area (Å²) in [6, 6.07) is 7.22. The Morgan fingerprint density at radius 3 is 2.35 bits per heavy atom. The van der Waals surface area contributed by atoms with Crippen molar-refractivity contribution in [3.05, 3.63) is 65.3 Å². The third kappa shape index (κ3) is 5.84. The highest BCUT2D eigenvalue weighted by atomic mass is 32.2. The van der Waals surface area contributed by atoms with Gasteiger partial charge in [0.05, 0.1) is 38.9 Å². The zero-order chi connectivity index (χ0) is 34.2. The number of hydrogen-bond acceptors (Lipinski definition) is 10. The average molecular weight is 732 g/mol. The number of nitrogens with one attached hydrogen (secondary N) is 2. The number of aromatic nitrogens is 3. The zero-order valence-corrected chi connectivity index (χ0v) is 26.7. The Bertz CT molecular complexity index is 2130. The molecule has 3 heterocycles. The summed E-state index contributed by atoms with van der Waals surface area (Å²) in [7, 11) is -8.15. The van der Waals surface area contributed by atoms with Gasteiger partial charge in [0.2, 0.25) is 12.4 Å². The standard InChI is InChI=1S/C29H23F6N5O5S3/c30-16-4-2-6-19(45-27(34)35)24(16)48(43,44)40-17-5-1-3-13(20(17)31)22-23(46-26(38-22)29(8-9-29)25(32)33)18-7-10-36-28(37-18)39-21-14-11-47(41,42)12-15(14)21/h1-7,10,14-15,21,25,27,40H,8-9,11-12H2,(H,36,37,39)/t14-,15+,21+. The maximum atomic E-state index is 16.2. The first-order valence-corrected chi connectivity index (χ1v) is 18.5. The number of benzene rings is 2. The largest absolute Gasteiger partial charge is 0.433 e. The summed E-state index contributed by atoms with van der Waals surface area (Å²) < 4.78 is 141. The molecule has 1 aliphatic heterocycles. The first kappa shape index (κ1) is 32.6. The molecule has 7 rings (SSSR count). The normalized spacial score (nSPS) is 22.0. The Labute approximate surface area is 273 Å². The van der Waals surface area contributed by atoms with Gasteiger partial charge in [0.15, 0.2) is 20.5 Å². The maximum Gasteiger partial charge on any atom is 0.387 e. The summed E-state index contributed by atoms with van der Waals surface area (Å²) in [6.45, 7) is -3.49. The summed E-state index contributed by atoms with van der Waals surface area (Å²) in [6.07, 6.45) is -1.12. The number of sulfone groups is 1. The van der Waals surface area contributed by atoms with E-state index in [4.69, 9.17) is 0 Å². The molecule has 0 spiro atoms. The van der Waals surface area contributed by atoms with Gasteiger partial charge in [0.1, 0.15) is 16.6 Å². The second-order valence-corrected chi connectivity index (χ2v) is 16.5. The molecule has 0 radical (unpaired) electrons. The number of sulfonamides is 1. The highest BCUT2D eigenvalue weighted by Crippen LogP contribution is 2.56. The van der Waals surface area contributed by atoms with Gasteiger partial charge in [0, 0.05) is 17.8 Å². The quantitative estimate of drug-likeness (QED) is 0.186. The molecular weight excluding hydrogens is 709 g/mol. The van der Waals surface area contributed by atoms with Gasteiger partial charge < -0.3 is 10.1 Å². The predicted molar refractivity (Wildman–Crippen MR) is 162 cm³/mol. The summed E-state index contributed by atoms with van der Waals surface area (Å²) >= 11 is 0.868. The van der Waals surface area contributed by atoms with Crippen LogP contribution in [0.2, 0.25) is 0 Å². The van der Waals surface area contributed by atoms with E-state index in [1.165, 1.54) is 24.4 Å². The molecule has 10 nitrogen and oxygen atoms in total. The molecule has 4 aromatic rings. The predicted octanol–water partition coefficient (Wildman–Crippen LogP) is 5.70. The first-order valence-electron chi connectivity index (χ1n) is 14.3. The summed E-state index contributed by atoms with van der Waals surface area (Å²) in [4.78, 5) is 12.0. The van der Waals surface area contributed by atoms with Gasteiger partial charge >= 0.3 is 6.61 Å². The topological polar surface area (TPSA) is 140 Å². The molecule has 3 fully saturated rings. The van der Waals surface area contributed by atoms with Crippen molar-refractivity contribution >= 4 is 42.8 Å². The lowest BCUT2D eigenvalue weighted by Crippen LogP contribution is -2.19. The second-order valence-electron chi connectivity index (χ2n) is 11.7. The van der Waals surface area contributed by atoms with Gasteiger partial charge in [-0.15, -0.1) is 11.3 Å². The molecule has 2 aromatic heterocycles. The van der Waals surface area contributed by atoms with Crippen molar-refractivity contribution in [2.45, 2.75) is 42.2 Å². The minimum atomic E-state index is -5.06. The number of hydrogen-bond donors (Lipinski definition) is 2.